The summed E-state index contributed by atoms with van der Waals surface area (Å²) in [5.74, 6) is 0.572. The van der Waals surface area contributed by atoms with Crippen LogP contribution in [0.5, 0.6) is 0 Å². The SMILES string of the molecule is CC1(O)CN(S(=O)(=O)CCSc2ccc(N)cc2)C1. The first kappa shape index (κ1) is 14.6. The number of hydrogen-bond acceptors (Lipinski definition) is 5. The molecule has 1 saturated heterocycles. The summed E-state index contributed by atoms with van der Waals surface area (Å²) in [6.45, 7) is 2.03. The fraction of sp³-hybridized carbons (Fsp3) is 0.500. The number of nitrogens with two attached hydrogens (primary N) is 1. The highest BCUT2D eigenvalue weighted by atomic mass is 32.2. The molecule has 2 rings (SSSR count). The van der Waals surface area contributed by atoms with Crippen molar-refractivity contribution in [3.8, 4) is 0 Å². The van der Waals surface area contributed by atoms with Crippen molar-refractivity contribution in [1.82, 2.24) is 4.31 Å². The minimum Gasteiger partial charge on any atom is -0.399 e. The molecular formula is C12H18N2O3S2. The van der Waals surface area contributed by atoms with E-state index in [0.717, 1.165) is 4.90 Å². The summed E-state index contributed by atoms with van der Waals surface area (Å²) in [6, 6.07) is 7.34. The van der Waals surface area contributed by atoms with Gasteiger partial charge in [0.05, 0.1) is 11.4 Å². The highest BCUT2D eigenvalue weighted by Gasteiger charge is 2.42. The first-order valence-electron chi connectivity index (χ1n) is 5.97. The number of β-amino-alcohol motifs (C(OH)–C–C–N with tert-alkyl or cyclic N) is 1. The average molecular weight is 302 g/mol. The second-order valence-corrected chi connectivity index (χ2v) is 8.26. The lowest BCUT2D eigenvalue weighted by molar-refractivity contribution is -0.0425. The molecule has 0 unspecified atom stereocenters. The zero-order valence-electron chi connectivity index (χ0n) is 10.7. The lowest BCUT2D eigenvalue weighted by Gasteiger charge is -2.42. The predicted octanol–water partition coefficient (Wildman–Crippen LogP) is 0.757. The normalized spacial score (nSPS) is 19.1. The molecule has 19 heavy (non-hydrogen) atoms. The van der Waals surface area contributed by atoms with Crippen LogP contribution in [0.1, 0.15) is 6.92 Å². The van der Waals surface area contributed by atoms with E-state index in [9.17, 15) is 13.5 Å². The van der Waals surface area contributed by atoms with Gasteiger partial charge in [0.15, 0.2) is 0 Å². The van der Waals surface area contributed by atoms with Crippen molar-refractivity contribution in [2.75, 3.05) is 30.3 Å². The van der Waals surface area contributed by atoms with Gasteiger partial charge in [-0.25, -0.2) is 8.42 Å². The van der Waals surface area contributed by atoms with E-state index < -0.39 is 15.6 Å². The van der Waals surface area contributed by atoms with E-state index in [4.69, 9.17) is 5.73 Å². The molecule has 106 valence electrons. The number of nitrogen functional groups attached to an aromatic ring is 1. The fourth-order valence-electron chi connectivity index (χ4n) is 1.87. The lowest BCUT2D eigenvalue weighted by Crippen LogP contribution is -2.62. The Morgan fingerprint density at radius 2 is 1.95 bits per heavy atom. The van der Waals surface area contributed by atoms with Crippen molar-refractivity contribution in [2.24, 2.45) is 0 Å². The van der Waals surface area contributed by atoms with Crippen molar-refractivity contribution in [3.05, 3.63) is 24.3 Å². The van der Waals surface area contributed by atoms with Gasteiger partial charge < -0.3 is 10.8 Å². The highest BCUT2D eigenvalue weighted by molar-refractivity contribution is 8.00. The molecule has 7 heteroatoms. The van der Waals surface area contributed by atoms with Gasteiger partial charge in [-0.3, -0.25) is 0 Å². The Morgan fingerprint density at radius 3 is 2.47 bits per heavy atom. The number of anilines is 1. The average Bonchev–Trinajstić information content (AvgIpc) is 2.28. The van der Waals surface area contributed by atoms with E-state index >= 15 is 0 Å². The highest BCUT2D eigenvalue weighted by Crippen LogP contribution is 2.25. The standard InChI is InChI=1S/C12H18N2O3S2/c1-12(15)8-14(9-12)19(16,17)7-6-18-11-4-2-10(13)3-5-11/h2-5,15H,6-9,13H2,1H3. The van der Waals surface area contributed by atoms with Crippen LogP contribution >= 0.6 is 11.8 Å². The van der Waals surface area contributed by atoms with E-state index in [1.807, 2.05) is 12.1 Å². The van der Waals surface area contributed by atoms with E-state index in [0.29, 0.717) is 11.4 Å². The van der Waals surface area contributed by atoms with Gasteiger partial charge in [-0.1, -0.05) is 0 Å². The van der Waals surface area contributed by atoms with Gasteiger partial charge in [-0.05, 0) is 31.2 Å². The minimum absolute atomic E-state index is 0.0815. The molecule has 0 bridgehead atoms. The van der Waals surface area contributed by atoms with Crippen molar-refractivity contribution in [3.63, 3.8) is 0 Å². The molecule has 1 aliphatic rings. The van der Waals surface area contributed by atoms with Crippen LogP contribution in [0, 0.1) is 0 Å². The third kappa shape index (κ3) is 3.85. The van der Waals surface area contributed by atoms with E-state index in [1.54, 1.807) is 19.1 Å². The van der Waals surface area contributed by atoms with Gasteiger partial charge in [-0.15, -0.1) is 11.8 Å². The summed E-state index contributed by atoms with van der Waals surface area (Å²) >= 11 is 1.48. The summed E-state index contributed by atoms with van der Waals surface area (Å²) in [5, 5.41) is 9.55. The molecular weight excluding hydrogens is 284 g/mol. The molecule has 5 nitrogen and oxygen atoms in total. The Kier molecular flexibility index (Phi) is 4.10. The topological polar surface area (TPSA) is 83.6 Å². The number of rotatable bonds is 5. The van der Waals surface area contributed by atoms with E-state index in [-0.39, 0.29) is 18.8 Å². The molecule has 1 aromatic carbocycles. The van der Waals surface area contributed by atoms with Gasteiger partial charge in [0.2, 0.25) is 10.0 Å². The summed E-state index contributed by atoms with van der Waals surface area (Å²) < 4.78 is 25.2. The Balaban J connectivity index is 1.81. The number of aliphatic hydroxyl groups is 1. The summed E-state index contributed by atoms with van der Waals surface area (Å²) in [6.07, 6.45) is 0. The molecule has 0 atom stereocenters. The first-order chi connectivity index (χ1) is 8.78. The van der Waals surface area contributed by atoms with Crippen LogP contribution in [0.25, 0.3) is 0 Å². The molecule has 0 saturated carbocycles. The number of sulfonamides is 1. The van der Waals surface area contributed by atoms with E-state index in [2.05, 4.69) is 0 Å². The molecule has 0 radical (unpaired) electrons. The maximum Gasteiger partial charge on any atom is 0.215 e. The zero-order chi connectivity index (χ0) is 14.1. The summed E-state index contributed by atoms with van der Waals surface area (Å²) in [4.78, 5) is 1.00. The lowest BCUT2D eigenvalue weighted by atomic mass is 10.0. The number of nitrogens with zero attached hydrogens (tertiary/aromatic N) is 1. The third-order valence-electron chi connectivity index (χ3n) is 2.92. The zero-order valence-corrected chi connectivity index (χ0v) is 12.4. The van der Waals surface area contributed by atoms with Crippen LogP contribution in [-0.4, -0.2) is 48.0 Å². The summed E-state index contributed by atoms with van der Waals surface area (Å²) in [7, 11) is -3.25. The van der Waals surface area contributed by atoms with Gasteiger partial charge in [0.1, 0.15) is 0 Å². The van der Waals surface area contributed by atoms with Crippen molar-refractivity contribution in [2.45, 2.75) is 17.4 Å². The Labute approximate surface area is 117 Å². The molecule has 1 aromatic rings. The second-order valence-electron chi connectivity index (χ2n) is 5.00. The molecule has 0 aliphatic carbocycles. The maximum absolute atomic E-state index is 11.9. The number of benzene rings is 1. The predicted molar refractivity (Wildman–Crippen MR) is 77.6 cm³/mol. The summed E-state index contributed by atoms with van der Waals surface area (Å²) in [5.41, 5.74) is 5.41. The van der Waals surface area contributed by atoms with Crippen molar-refractivity contribution >= 4 is 27.5 Å². The Hall–Kier alpha value is -0.760. The van der Waals surface area contributed by atoms with Crippen molar-refractivity contribution in [1.29, 1.82) is 0 Å². The smallest absolute Gasteiger partial charge is 0.215 e. The largest absolute Gasteiger partial charge is 0.399 e. The number of hydrogen-bond donors (Lipinski definition) is 2. The first-order valence-corrected chi connectivity index (χ1v) is 8.57. The van der Waals surface area contributed by atoms with Crippen LogP contribution in [0.4, 0.5) is 5.69 Å². The molecule has 1 aliphatic heterocycles. The van der Waals surface area contributed by atoms with Crippen LogP contribution < -0.4 is 5.73 Å². The minimum atomic E-state index is -3.25. The van der Waals surface area contributed by atoms with Crippen LogP contribution in [-0.2, 0) is 10.0 Å². The van der Waals surface area contributed by atoms with Crippen LogP contribution in [0.15, 0.2) is 29.2 Å². The number of thioether (sulfide) groups is 1. The second kappa shape index (κ2) is 5.32. The quantitative estimate of drug-likeness (QED) is 0.619. The molecule has 1 fully saturated rings. The molecule has 0 aromatic heterocycles. The van der Waals surface area contributed by atoms with E-state index in [1.165, 1.54) is 16.1 Å². The van der Waals surface area contributed by atoms with Crippen LogP contribution in [0.3, 0.4) is 0 Å². The van der Waals surface area contributed by atoms with Gasteiger partial charge in [-0.2, -0.15) is 4.31 Å². The molecule has 1 heterocycles. The fourth-order valence-corrected chi connectivity index (χ4v) is 4.82. The molecule has 0 amide bonds. The van der Waals surface area contributed by atoms with Gasteiger partial charge >= 0.3 is 0 Å². The van der Waals surface area contributed by atoms with Gasteiger partial charge in [0.25, 0.3) is 0 Å². The third-order valence-corrected chi connectivity index (χ3v) is 5.95. The molecule has 3 N–H and O–H groups in total. The van der Waals surface area contributed by atoms with Crippen LogP contribution in [0.2, 0.25) is 0 Å². The molecule has 0 spiro atoms. The maximum atomic E-state index is 11.9. The van der Waals surface area contributed by atoms with Gasteiger partial charge in [0, 0.05) is 29.4 Å². The van der Waals surface area contributed by atoms with Crippen molar-refractivity contribution < 1.29 is 13.5 Å². The Bertz CT molecular complexity index is 533. The Morgan fingerprint density at radius 1 is 1.37 bits per heavy atom. The monoisotopic (exact) mass is 302 g/mol.